The molecule has 1 N–H and O–H groups in total. The number of likely N-dealkylation sites (tertiary alicyclic amines) is 1. The second kappa shape index (κ2) is 5.17. The average molecular weight is 275 g/mol. The lowest BCUT2D eigenvalue weighted by Crippen LogP contribution is -2.29. The standard InChI is InChI=1S/C14H17N3OS/c1-10-7-15-16-14(10)12-2-4-17(8-12)13(18)6-11-3-5-19-9-11/h3,5,7,9,12H,2,4,6,8H2,1H3,(H,15,16). The van der Waals surface area contributed by atoms with E-state index in [2.05, 4.69) is 17.1 Å². The van der Waals surface area contributed by atoms with Gasteiger partial charge >= 0.3 is 0 Å². The topological polar surface area (TPSA) is 49.0 Å². The van der Waals surface area contributed by atoms with Crippen LogP contribution in [0.25, 0.3) is 0 Å². The van der Waals surface area contributed by atoms with Crippen LogP contribution >= 0.6 is 11.3 Å². The van der Waals surface area contributed by atoms with Crippen LogP contribution in [0.3, 0.4) is 0 Å². The molecule has 5 heteroatoms. The number of nitrogens with one attached hydrogen (secondary N) is 1. The Balaban J connectivity index is 1.63. The highest BCUT2D eigenvalue weighted by atomic mass is 32.1. The maximum Gasteiger partial charge on any atom is 0.227 e. The second-order valence-electron chi connectivity index (χ2n) is 5.10. The summed E-state index contributed by atoms with van der Waals surface area (Å²) in [5.74, 6) is 0.645. The van der Waals surface area contributed by atoms with Crippen molar-refractivity contribution in [3.63, 3.8) is 0 Å². The molecule has 1 aliphatic rings. The van der Waals surface area contributed by atoms with E-state index in [1.807, 2.05) is 27.9 Å². The van der Waals surface area contributed by atoms with Gasteiger partial charge < -0.3 is 4.90 Å². The summed E-state index contributed by atoms with van der Waals surface area (Å²) in [6, 6.07) is 2.02. The Hall–Kier alpha value is -1.62. The van der Waals surface area contributed by atoms with Crippen molar-refractivity contribution < 1.29 is 4.79 Å². The van der Waals surface area contributed by atoms with Crippen molar-refractivity contribution in [3.8, 4) is 0 Å². The molecule has 1 atom stereocenters. The predicted octanol–water partition coefficient (Wildman–Crippen LogP) is 2.34. The van der Waals surface area contributed by atoms with Crippen LogP contribution < -0.4 is 0 Å². The van der Waals surface area contributed by atoms with Gasteiger partial charge in [0.2, 0.25) is 5.91 Å². The van der Waals surface area contributed by atoms with Gasteiger partial charge in [-0.2, -0.15) is 16.4 Å². The first kappa shape index (κ1) is 12.4. The van der Waals surface area contributed by atoms with E-state index in [0.29, 0.717) is 12.3 Å². The molecule has 0 aliphatic carbocycles. The fourth-order valence-electron chi connectivity index (χ4n) is 2.67. The van der Waals surface area contributed by atoms with E-state index < -0.39 is 0 Å². The molecule has 3 rings (SSSR count). The summed E-state index contributed by atoms with van der Waals surface area (Å²) in [6.07, 6.45) is 3.40. The highest BCUT2D eigenvalue weighted by molar-refractivity contribution is 7.07. The number of nitrogens with zero attached hydrogens (tertiary/aromatic N) is 2. The van der Waals surface area contributed by atoms with Crippen molar-refractivity contribution in [3.05, 3.63) is 39.8 Å². The average Bonchev–Trinajstić information content (AvgIpc) is 3.08. The number of carbonyl (C=O) groups is 1. The first-order valence-electron chi connectivity index (χ1n) is 6.53. The van der Waals surface area contributed by atoms with Gasteiger partial charge in [0.15, 0.2) is 0 Å². The van der Waals surface area contributed by atoms with Crippen LogP contribution in [0.1, 0.15) is 29.2 Å². The molecule has 0 spiro atoms. The predicted molar refractivity (Wildman–Crippen MR) is 75.3 cm³/mol. The van der Waals surface area contributed by atoms with E-state index in [-0.39, 0.29) is 5.91 Å². The van der Waals surface area contributed by atoms with Crippen LogP contribution in [0, 0.1) is 6.92 Å². The van der Waals surface area contributed by atoms with E-state index in [1.54, 1.807) is 11.3 Å². The van der Waals surface area contributed by atoms with Crippen LogP contribution in [0.15, 0.2) is 23.0 Å². The largest absolute Gasteiger partial charge is 0.342 e. The summed E-state index contributed by atoms with van der Waals surface area (Å²) in [5, 5.41) is 11.2. The summed E-state index contributed by atoms with van der Waals surface area (Å²) in [6.45, 7) is 3.73. The lowest BCUT2D eigenvalue weighted by Gasteiger charge is -2.16. The van der Waals surface area contributed by atoms with Crippen molar-refractivity contribution in [2.45, 2.75) is 25.7 Å². The fourth-order valence-corrected chi connectivity index (χ4v) is 3.34. The Labute approximate surface area is 116 Å². The van der Waals surface area contributed by atoms with Gasteiger partial charge in [0.05, 0.1) is 12.6 Å². The van der Waals surface area contributed by atoms with Gasteiger partial charge in [-0.1, -0.05) is 0 Å². The summed E-state index contributed by atoms with van der Waals surface area (Å²) in [4.78, 5) is 14.2. The van der Waals surface area contributed by atoms with E-state index in [9.17, 15) is 4.79 Å². The molecule has 3 heterocycles. The van der Waals surface area contributed by atoms with Crippen LogP contribution in [-0.2, 0) is 11.2 Å². The minimum atomic E-state index is 0.234. The molecular weight excluding hydrogens is 258 g/mol. The monoisotopic (exact) mass is 275 g/mol. The number of H-pyrrole nitrogens is 1. The number of aryl methyl sites for hydroxylation is 1. The molecule has 4 nitrogen and oxygen atoms in total. The number of aromatic amines is 1. The van der Waals surface area contributed by atoms with Gasteiger partial charge in [-0.15, -0.1) is 0 Å². The molecule has 0 radical (unpaired) electrons. The smallest absolute Gasteiger partial charge is 0.227 e. The lowest BCUT2D eigenvalue weighted by molar-refractivity contribution is -0.129. The van der Waals surface area contributed by atoms with E-state index in [1.165, 1.54) is 11.3 Å². The lowest BCUT2D eigenvalue weighted by atomic mass is 10.0. The summed E-state index contributed by atoms with van der Waals surface area (Å²) < 4.78 is 0. The van der Waals surface area contributed by atoms with Crippen molar-refractivity contribution in [2.24, 2.45) is 0 Å². The molecule has 1 saturated heterocycles. The Morgan fingerprint density at radius 2 is 2.53 bits per heavy atom. The molecule has 2 aromatic rings. The number of carbonyl (C=O) groups excluding carboxylic acids is 1. The number of thiophene rings is 1. The second-order valence-corrected chi connectivity index (χ2v) is 5.88. The Bertz CT molecular complexity index is 561. The van der Waals surface area contributed by atoms with Crippen LogP contribution in [0.4, 0.5) is 0 Å². The molecule has 19 heavy (non-hydrogen) atoms. The molecule has 1 amide bonds. The maximum absolute atomic E-state index is 12.2. The third-order valence-electron chi connectivity index (χ3n) is 3.75. The van der Waals surface area contributed by atoms with Crippen molar-refractivity contribution in [1.82, 2.24) is 15.1 Å². The van der Waals surface area contributed by atoms with Gasteiger partial charge in [0, 0.05) is 24.7 Å². The molecule has 100 valence electrons. The number of aromatic nitrogens is 2. The molecule has 0 bridgehead atoms. The minimum Gasteiger partial charge on any atom is -0.342 e. The Morgan fingerprint density at radius 3 is 3.21 bits per heavy atom. The molecule has 0 saturated carbocycles. The highest BCUT2D eigenvalue weighted by Crippen LogP contribution is 2.28. The van der Waals surface area contributed by atoms with Crippen LogP contribution in [0.2, 0.25) is 0 Å². The highest BCUT2D eigenvalue weighted by Gasteiger charge is 2.28. The third-order valence-corrected chi connectivity index (χ3v) is 4.48. The number of hydrogen-bond donors (Lipinski definition) is 1. The van der Waals surface area contributed by atoms with Gasteiger partial charge in [0.1, 0.15) is 0 Å². The van der Waals surface area contributed by atoms with E-state index >= 15 is 0 Å². The zero-order valence-corrected chi connectivity index (χ0v) is 11.7. The summed E-state index contributed by atoms with van der Waals surface area (Å²) >= 11 is 1.64. The molecule has 1 fully saturated rings. The molecule has 1 aliphatic heterocycles. The van der Waals surface area contributed by atoms with E-state index in [0.717, 1.165) is 25.1 Å². The third kappa shape index (κ3) is 2.56. The Kier molecular flexibility index (Phi) is 3.38. The van der Waals surface area contributed by atoms with Crippen molar-refractivity contribution in [1.29, 1.82) is 0 Å². The van der Waals surface area contributed by atoms with Gasteiger partial charge in [-0.25, -0.2) is 0 Å². The van der Waals surface area contributed by atoms with Gasteiger partial charge in [-0.3, -0.25) is 9.89 Å². The normalized spacial score (nSPS) is 19.0. The zero-order valence-electron chi connectivity index (χ0n) is 10.9. The van der Waals surface area contributed by atoms with Gasteiger partial charge in [0.25, 0.3) is 0 Å². The Morgan fingerprint density at radius 1 is 1.63 bits per heavy atom. The number of amides is 1. The van der Waals surface area contributed by atoms with E-state index in [4.69, 9.17) is 0 Å². The van der Waals surface area contributed by atoms with Gasteiger partial charge in [-0.05, 0) is 41.3 Å². The molecule has 0 aromatic carbocycles. The summed E-state index contributed by atoms with van der Waals surface area (Å²) in [7, 11) is 0. The fraction of sp³-hybridized carbons (Fsp3) is 0.429. The number of hydrogen-bond acceptors (Lipinski definition) is 3. The number of rotatable bonds is 3. The summed E-state index contributed by atoms with van der Waals surface area (Å²) in [5.41, 5.74) is 3.50. The first-order valence-corrected chi connectivity index (χ1v) is 7.47. The minimum absolute atomic E-state index is 0.234. The van der Waals surface area contributed by atoms with Crippen molar-refractivity contribution in [2.75, 3.05) is 13.1 Å². The maximum atomic E-state index is 12.2. The molecule has 1 unspecified atom stereocenters. The van der Waals surface area contributed by atoms with Crippen LogP contribution in [-0.4, -0.2) is 34.1 Å². The van der Waals surface area contributed by atoms with Crippen LogP contribution in [0.5, 0.6) is 0 Å². The quantitative estimate of drug-likeness (QED) is 0.934. The SMILES string of the molecule is Cc1cn[nH]c1C1CCN(C(=O)Cc2ccsc2)C1. The molecule has 2 aromatic heterocycles. The molecular formula is C14H17N3OS. The zero-order chi connectivity index (χ0) is 13.2. The first-order chi connectivity index (χ1) is 9.24. The van der Waals surface area contributed by atoms with Crippen molar-refractivity contribution >= 4 is 17.2 Å².